The van der Waals surface area contributed by atoms with Crippen molar-refractivity contribution < 1.29 is 9.13 Å². The number of benzene rings is 1. The molecular weight excluding hydrogens is 243 g/mol. The molecule has 1 heterocycles. The fourth-order valence-electron chi connectivity index (χ4n) is 1.31. The van der Waals surface area contributed by atoms with Gasteiger partial charge in [0.15, 0.2) is 5.15 Å². The van der Waals surface area contributed by atoms with Crippen molar-refractivity contribution in [3.63, 3.8) is 0 Å². The average Bonchev–Trinajstić information content (AvgIpc) is 2.34. The Morgan fingerprint density at radius 2 is 1.82 bits per heavy atom. The molecule has 3 nitrogen and oxygen atoms in total. The molecule has 0 aliphatic heterocycles. The monoisotopic (exact) mass is 252 g/mol. The van der Waals surface area contributed by atoms with Crippen LogP contribution in [0.25, 0.3) is 0 Å². The SMILES string of the molecule is Fc1ccc(CCOc2ccc(Cl)nn2)cc1. The Morgan fingerprint density at radius 3 is 2.47 bits per heavy atom. The number of nitrogens with zero attached hydrogens (tertiary/aromatic N) is 2. The summed E-state index contributed by atoms with van der Waals surface area (Å²) in [7, 11) is 0. The number of rotatable bonds is 4. The maximum atomic E-state index is 12.6. The summed E-state index contributed by atoms with van der Waals surface area (Å²) in [5, 5.41) is 7.75. The molecule has 0 spiro atoms. The van der Waals surface area contributed by atoms with Gasteiger partial charge in [-0.15, -0.1) is 10.2 Å². The van der Waals surface area contributed by atoms with E-state index in [1.165, 1.54) is 12.1 Å². The highest BCUT2D eigenvalue weighted by molar-refractivity contribution is 6.29. The van der Waals surface area contributed by atoms with E-state index in [1.807, 2.05) is 0 Å². The Bertz CT molecular complexity index is 427. The van der Waals surface area contributed by atoms with Crippen molar-refractivity contribution in [2.75, 3.05) is 6.61 Å². The average molecular weight is 253 g/mol. The zero-order chi connectivity index (χ0) is 12.1. The third-order valence-corrected chi connectivity index (χ3v) is 2.36. The first kappa shape index (κ1) is 11.8. The Kier molecular flexibility index (Phi) is 3.88. The van der Waals surface area contributed by atoms with Crippen LogP contribution in [0.4, 0.5) is 4.39 Å². The third kappa shape index (κ3) is 3.67. The van der Waals surface area contributed by atoms with Gasteiger partial charge in [-0.05, 0) is 23.8 Å². The number of hydrogen-bond acceptors (Lipinski definition) is 3. The summed E-state index contributed by atoms with van der Waals surface area (Å²) in [6.45, 7) is 0.460. The van der Waals surface area contributed by atoms with E-state index < -0.39 is 0 Å². The molecule has 0 saturated heterocycles. The van der Waals surface area contributed by atoms with Crippen molar-refractivity contribution >= 4 is 11.6 Å². The van der Waals surface area contributed by atoms with E-state index in [4.69, 9.17) is 16.3 Å². The van der Waals surface area contributed by atoms with Crippen LogP contribution < -0.4 is 4.74 Å². The van der Waals surface area contributed by atoms with Crippen molar-refractivity contribution in [1.29, 1.82) is 0 Å². The molecule has 2 aromatic rings. The second kappa shape index (κ2) is 5.59. The smallest absolute Gasteiger partial charge is 0.233 e. The lowest BCUT2D eigenvalue weighted by Crippen LogP contribution is -2.03. The van der Waals surface area contributed by atoms with Crippen LogP contribution in [-0.4, -0.2) is 16.8 Å². The molecule has 1 aromatic heterocycles. The van der Waals surface area contributed by atoms with Crippen molar-refractivity contribution in [3.05, 3.63) is 52.9 Å². The van der Waals surface area contributed by atoms with Gasteiger partial charge in [-0.1, -0.05) is 23.7 Å². The highest BCUT2D eigenvalue weighted by Gasteiger charge is 1.98. The zero-order valence-corrected chi connectivity index (χ0v) is 9.69. The molecule has 0 fully saturated rings. The maximum Gasteiger partial charge on any atom is 0.233 e. The molecule has 2 rings (SSSR count). The van der Waals surface area contributed by atoms with Gasteiger partial charge in [0, 0.05) is 12.5 Å². The van der Waals surface area contributed by atoms with E-state index in [9.17, 15) is 4.39 Å². The van der Waals surface area contributed by atoms with Crippen molar-refractivity contribution in [3.8, 4) is 5.88 Å². The first-order valence-electron chi connectivity index (χ1n) is 5.10. The second-order valence-electron chi connectivity index (χ2n) is 3.42. The largest absolute Gasteiger partial charge is 0.476 e. The summed E-state index contributed by atoms with van der Waals surface area (Å²) in [5.74, 6) is 0.190. The third-order valence-electron chi connectivity index (χ3n) is 2.16. The van der Waals surface area contributed by atoms with Gasteiger partial charge < -0.3 is 4.74 Å². The summed E-state index contributed by atoms with van der Waals surface area (Å²) in [6.07, 6.45) is 0.685. The summed E-state index contributed by atoms with van der Waals surface area (Å²) >= 11 is 5.59. The van der Waals surface area contributed by atoms with E-state index in [-0.39, 0.29) is 5.82 Å². The highest BCUT2D eigenvalue weighted by atomic mass is 35.5. The molecule has 88 valence electrons. The van der Waals surface area contributed by atoms with E-state index in [0.29, 0.717) is 24.1 Å². The fourth-order valence-corrected chi connectivity index (χ4v) is 1.41. The molecule has 0 aliphatic carbocycles. The molecule has 0 saturated carbocycles. The number of ether oxygens (including phenoxy) is 1. The summed E-state index contributed by atoms with van der Waals surface area (Å²) in [4.78, 5) is 0. The van der Waals surface area contributed by atoms with Crippen molar-refractivity contribution in [2.45, 2.75) is 6.42 Å². The fraction of sp³-hybridized carbons (Fsp3) is 0.167. The maximum absolute atomic E-state index is 12.6. The Balaban J connectivity index is 1.83. The predicted octanol–water partition coefficient (Wildman–Crippen LogP) is 2.89. The molecule has 0 aliphatic rings. The minimum Gasteiger partial charge on any atom is -0.476 e. The van der Waals surface area contributed by atoms with Crippen LogP contribution in [0, 0.1) is 5.82 Å². The summed E-state index contributed by atoms with van der Waals surface area (Å²) < 4.78 is 18.0. The lowest BCUT2D eigenvalue weighted by molar-refractivity contribution is 0.305. The molecule has 0 bridgehead atoms. The zero-order valence-electron chi connectivity index (χ0n) is 8.94. The van der Waals surface area contributed by atoms with Gasteiger partial charge >= 0.3 is 0 Å². The first-order chi connectivity index (χ1) is 8.24. The van der Waals surface area contributed by atoms with Crippen molar-refractivity contribution in [1.82, 2.24) is 10.2 Å². The lowest BCUT2D eigenvalue weighted by atomic mass is 10.2. The highest BCUT2D eigenvalue weighted by Crippen LogP contribution is 2.09. The van der Waals surface area contributed by atoms with Gasteiger partial charge in [0.25, 0.3) is 0 Å². The Labute approximate surface area is 103 Å². The molecule has 17 heavy (non-hydrogen) atoms. The molecule has 1 aromatic carbocycles. The van der Waals surface area contributed by atoms with Gasteiger partial charge in [-0.25, -0.2) is 4.39 Å². The number of aromatic nitrogens is 2. The molecule has 0 atom stereocenters. The molecule has 0 N–H and O–H groups in total. The van der Waals surface area contributed by atoms with Gasteiger partial charge in [0.1, 0.15) is 5.82 Å². The minimum absolute atomic E-state index is 0.238. The van der Waals surface area contributed by atoms with E-state index in [2.05, 4.69) is 10.2 Å². The molecular formula is C12H10ClFN2O. The van der Waals surface area contributed by atoms with Crippen LogP contribution in [0.1, 0.15) is 5.56 Å². The van der Waals surface area contributed by atoms with Crippen molar-refractivity contribution in [2.24, 2.45) is 0 Å². The van der Waals surface area contributed by atoms with Crippen LogP contribution in [0.3, 0.4) is 0 Å². The van der Waals surface area contributed by atoms with Gasteiger partial charge in [-0.2, -0.15) is 0 Å². The predicted molar refractivity (Wildman–Crippen MR) is 62.6 cm³/mol. The molecule has 0 radical (unpaired) electrons. The molecule has 0 unspecified atom stereocenters. The van der Waals surface area contributed by atoms with E-state index >= 15 is 0 Å². The van der Waals surface area contributed by atoms with Crippen LogP contribution in [-0.2, 0) is 6.42 Å². The van der Waals surface area contributed by atoms with Gasteiger partial charge in [0.2, 0.25) is 5.88 Å². The van der Waals surface area contributed by atoms with Gasteiger partial charge in [-0.3, -0.25) is 0 Å². The molecule has 0 amide bonds. The van der Waals surface area contributed by atoms with Crippen LogP contribution in [0.2, 0.25) is 5.15 Å². The quantitative estimate of drug-likeness (QED) is 0.839. The van der Waals surface area contributed by atoms with E-state index in [0.717, 1.165) is 5.56 Å². The van der Waals surface area contributed by atoms with E-state index in [1.54, 1.807) is 24.3 Å². The Morgan fingerprint density at radius 1 is 1.06 bits per heavy atom. The first-order valence-corrected chi connectivity index (χ1v) is 5.48. The minimum atomic E-state index is -0.238. The van der Waals surface area contributed by atoms with Crippen LogP contribution >= 0.6 is 11.6 Å². The summed E-state index contributed by atoms with van der Waals surface area (Å²) in [6, 6.07) is 9.58. The standard InChI is InChI=1S/C12H10ClFN2O/c13-11-5-6-12(16-15-11)17-8-7-9-1-3-10(14)4-2-9/h1-6H,7-8H2. The number of halogens is 2. The number of hydrogen-bond donors (Lipinski definition) is 0. The lowest BCUT2D eigenvalue weighted by Gasteiger charge is -2.04. The van der Waals surface area contributed by atoms with Crippen LogP contribution in [0.15, 0.2) is 36.4 Å². The normalized spacial score (nSPS) is 10.2. The Hall–Kier alpha value is -1.68. The van der Waals surface area contributed by atoms with Gasteiger partial charge in [0.05, 0.1) is 6.61 Å². The second-order valence-corrected chi connectivity index (χ2v) is 3.81. The molecule has 5 heteroatoms. The summed E-state index contributed by atoms with van der Waals surface area (Å²) in [5.41, 5.74) is 1.01. The topological polar surface area (TPSA) is 35.0 Å². The van der Waals surface area contributed by atoms with Crippen LogP contribution in [0.5, 0.6) is 5.88 Å².